The summed E-state index contributed by atoms with van der Waals surface area (Å²) in [6.45, 7) is 8.63. The molecule has 2 heterocycles. The van der Waals surface area contributed by atoms with Gasteiger partial charge in [-0.25, -0.2) is 0 Å². The second-order valence-electron chi connectivity index (χ2n) is 10.3. The number of aryl methyl sites for hydroxylation is 3. The average Bonchev–Trinajstić information content (AvgIpc) is 3.38. The topological polar surface area (TPSA) is 82.6 Å². The van der Waals surface area contributed by atoms with E-state index in [0.717, 1.165) is 52.5 Å². The second-order valence-corrected chi connectivity index (χ2v) is 10.3. The summed E-state index contributed by atoms with van der Waals surface area (Å²) in [5.41, 5.74) is 5.65. The Labute approximate surface area is 228 Å². The highest BCUT2D eigenvalue weighted by molar-refractivity contribution is 6.52. The number of H-pyrrole nitrogens is 1. The highest BCUT2D eigenvalue weighted by Crippen LogP contribution is 2.45. The van der Waals surface area contributed by atoms with Gasteiger partial charge in [0.2, 0.25) is 0 Å². The monoisotopic (exact) mass is 522 g/mol. The van der Waals surface area contributed by atoms with E-state index in [4.69, 9.17) is 4.74 Å². The number of hydrogen-bond acceptors (Lipinski definition) is 4. The molecule has 1 amide bonds. The van der Waals surface area contributed by atoms with Crippen LogP contribution >= 0.6 is 0 Å². The lowest BCUT2D eigenvalue weighted by atomic mass is 9.93. The largest absolute Gasteiger partial charge is 0.507 e. The quantitative estimate of drug-likeness (QED) is 0.110. The highest BCUT2D eigenvalue weighted by Gasteiger charge is 2.48. The molecule has 3 aromatic carbocycles. The molecule has 1 saturated heterocycles. The Hall–Kier alpha value is -4.32. The number of rotatable bonds is 8. The molecule has 1 unspecified atom stereocenters. The zero-order valence-corrected chi connectivity index (χ0v) is 22.9. The Morgan fingerprint density at radius 1 is 0.949 bits per heavy atom. The van der Waals surface area contributed by atoms with E-state index in [1.807, 2.05) is 63.2 Å². The van der Waals surface area contributed by atoms with Crippen LogP contribution in [-0.4, -0.2) is 28.4 Å². The summed E-state index contributed by atoms with van der Waals surface area (Å²) >= 11 is 0. The van der Waals surface area contributed by atoms with E-state index in [1.54, 1.807) is 24.3 Å². The van der Waals surface area contributed by atoms with Crippen molar-refractivity contribution < 1.29 is 19.4 Å². The van der Waals surface area contributed by atoms with Crippen molar-refractivity contribution in [2.24, 2.45) is 0 Å². The summed E-state index contributed by atoms with van der Waals surface area (Å²) in [6, 6.07) is 19.9. The van der Waals surface area contributed by atoms with Gasteiger partial charge in [0.1, 0.15) is 11.5 Å². The number of aliphatic hydroxyl groups is 1. The first-order valence-corrected chi connectivity index (χ1v) is 13.5. The van der Waals surface area contributed by atoms with Crippen LogP contribution in [0.4, 0.5) is 5.69 Å². The molecule has 6 heteroatoms. The minimum absolute atomic E-state index is 0.0728. The van der Waals surface area contributed by atoms with Gasteiger partial charge in [-0.3, -0.25) is 14.5 Å². The second kappa shape index (κ2) is 10.8. The van der Waals surface area contributed by atoms with E-state index in [2.05, 4.69) is 11.9 Å². The van der Waals surface area contributed by atoms with Crippen LogP contribution in [0.3, 0.4) is 0 Å². The predicted molar refractivity (Wildman–Crippen MR) is 155 cm³/mol. The molecule has 0 spiro atoms. The normalized spacial score (nSPS) is 16.8. The molecule has 6 nitrogen and oxygen atoms in total. The Kier molecular flexibility index (Phi) is 7.29. The van der Waals surface area contributed by atoms with Crippen molar-refractivity contribution >= 4 is 34.0 Å². The fourth-order valence-corrected chi connectivity index (χ4v) is 5.52. The number of amides is 1. The zero-order valence-electron chi connectivity index (χ0n) is 22.9. The third-order valence-electron chi connectivity index (χ3n) is 7.29. The van der Waals surface area contributed by atoms with Gasteiger partial charge in [0.25, 0.3) is 11.7 Å². The molecule has 200 valence electrons. The van der Waals surface area contributed by atoms with Crippen molar-refractivity contribution in [1.29, 1.82) is 0 Å². The molecule has 1 fully saturated rings. The molecule has 0 aliphatic carbocycles. The number of para-hydroxylation sites is 1. The van der Waals surface area contributed by atoms with Crippen molar-refractivity contribution in [1.82, 2.24) is 4.98 Å². The SMILES string of the molecule is CCCCCOc1ccc(/C(O)=C2\C(=O)C(=O)N(c3cc(C)cc(C)c3)C2c2c(C)[nH]c3ccccc23)cc1. The molecule has 0 radical (unpaired) electrons. The van der Waals surface area contributed by atoms with Gasteiger partial charge in [-0.15, -0.1) is 0 Å². The molecule has 0 bridgehead atoms. The number of ether oxygens (including phenoxy) is 1. The van der Waals surface area contributed by atoms with E-state index in [-0.39, 0.29) is 11.3 Å². The van der Waals surface area contributed by atoms with E-state index < -0.39 is 17.7 Å². The predicted octanol–water partition coefficient (Wildman–Crippen LogP) is 7.29. The molecule has 39 heavy (non-hydrogen) atoms. The van der Waals surface area contributed by atoms with Crippen LogP contribution in [0.1, 0.15) is 60.2 Å². The Morgan fingerprint density at radius 2 is 1.64 bits per heavy atom. The van der Waals surface area contributed by atoms with Crippen LogP contribution in [-0.2, 0) is 9.59 Å². The third kappa shape index (κ3) is 4.94. The summed E-state index contributed by atoms with van der Waals surface area (Å²) in [5, 5.41) is 12.5. The van der Waals surface area contributed by atoms with Crippen LogP contribution in [0, 0.1) is 20.8 Å². The molecular weight excluding hydrogens is 488 g/mol. The lowest BCUT2D eigenvalue weighted by Gasteiger charge is -2.26. The lowest BCUT2D eigenvalue weighted by Crippen LogP contribution is -2.29. The van der Waals surface area contributed by atoms with Gasteiger partial charge in [-0.05, 0) is 80.8 Å². The van der Waals surface area contributed by atoms with Gasteiger partial charge in [0.15, 0.2) is 0 Å². The molecule has 0 saturated carbocycles. The number of hydrogen-bond donors (Lipinski definition) is 2. The third-order valence-corrected chi connectivity index (χ3v) is 7.29. The van der Waals surface area contributed by atoms with Gasteiger partial charge < -0.3 is 14.8 Å². The van der Waals surface area contributed by atoms with Gasteiger partial charge in [-0.2, -0.15) is 0 Å². The lowest BCUT2D eigenvalue weighted by molar-refractivity contribution is -0.132. The van der Waals surface area contributed by atoms with Crippen LogP contribution in [0.2, 0.25) is 0 Å². The maximum Gasteiger partial charge on any atom is 0.300 e. The Morgan fingerprint density at radius 3 is 2.33 bits per heavy atom. The standard InChI is InChI=1S/C33H34N2O4/c1-5-6-9-16-39-25-14-12-23(13-15-25)31(36)29-30(28-22(4)34-27-11-8-7-10-26(27)28)35(33(38)32(29)37)24-18-20(2)17-21(3)19-24/h7-8,10-15,17-19,30,34,36H,5-6,9,16H2,1-4H3/b31-29+. The first-order chi connectivity index (χ1) is 18.8. The number of nitrogens with one attached hydrogen (secondary N) is 1. The number of nitrogens with zero attached hydrogens (tertiary/aromatic N) is 1. The number of aromatic amines is 1. The minimum atomic E-state index is -0.799. The molecule has 4 aromatic rings. The number of aromatic nitrogens is 1. The van der Waals surface area contributed by atoms with Crippen molar-refractivity contribution in [3.63, 3.8) is 0 Å². The van der Waals surface area contributed by atoms with Gasteiger partial charge in [0, 0.05) is 33.4 Å². The molecule has 5 rings (SSSR count). The summed E-state index contributed by atoms with van der Waals surface area (Å²) in [4.78, 5) is 32.2. The fourth-order valence-electron chi connectivity index (χ4n) is 5.52. The summed E-state index contributed by atoms with van der Waals surface area (Å²) in [7, 11) is 0. The van der Waals surface area contributed by atoms with Crippen LogP contribution in [0.25, 0.3) is 16.7 Å². The fraction of sp³-hybridized carbons (Fsp3) is 0.273. The molecule has 1 aliphatic rings. The average molecular weight is 523 g/mol. The number of benzene rings is 3. The Bertz CT molecular complexity index is 1560. The highest BCUT2D eigenvalue weighted by atomic mass is 16.5. The molecular formula is C33H34N2O4. The van der Waals surface area contributed by atoms with Crippen molar-refractivity contribution in [2.75, 3.05) is 11.5 Å². The smallest absolute Gasteiger partial charge is 0.300 e. The van der Waals surface area contributed by atoms with E-state index in [9.17, 15) is 14.7 Å². The van der Waals surface area contributed by atoms with Gasteiger partial charge in [-0.1, -0.05) is 44.0 Å². The molecule has 2 N–H and O–H groups in total. The van der Waals surface area contributed by atoms with E-state index in [0.29, 0.717) is 23.6 Å². The number of carbonyl (C=O) groups is 2. The summed E-state index contributed by atoms with van der Waals surface area (Å²) in [6.07, 6.45) is 3.20. The van der Waals surface area contributed by atoms with Gasteiger partial charge >= 0.3 is 0 Å². The summed E-state index contributed by atoms with van der Waals surface area (Å²) < 4.78 is 5.82. The van der Waals surface area contributed by atoms with Crippen molar-refractivity contribution in [2.45, 2.75) is 53.0 Å². The molecule has 1 aliphatic heterocycles. The first-order valence-electron chi connectivity index (χ1n) is 13.5. The van der Waals surface area contributed by atoms with E-state index in [1.165, 1.54) is 4.90 Å². The van der Waals surface area contributed by atoms with E-state index >= 15 is 0 Å². The number of unbranched alkanes of at least 4 members (excludes halogenated alkanes) is 2. The Balaban J connectivity index is 1.65. The number of Topliss-reactive ketones (excluding diaryl/α,β-unsaturated/α-hetero) is 1. The van der Waals surface area contributed by atoms with Crippen molar-refractivity contribution in [3.05, 3.63) is 100 Å². The number of ketones is 1. The number of anilines is 1. The van der Waals surface area contributed by atoms with Crippen LogP contribution < -0.4 is 9.64 Å². The number of aliphatic hydroxyl groups excluding tert-OH is 1. The maximum atomic E-state index is 13.7. The molecule has 1 aromatic heterocycles. The van der Waals surface area contributed by atoms with Gasteiger partial charge in [0.05, 0.1) is 18.2 Å². The zero-order chi connectivity index (χ0) is 27.7. The minimum Gasteiger partial charge on any atom is -0.507 e. The maximum absolute atomic E-state index is 13.7. The molecule has 1 atom stereocenters. The van der Waals surface area contributed by atoms with Crippen LogP contribution in [0.15, 0.2) is 72.3 Å². The van der Waals surface area contributed by atoms with Crippen molar-refractivity contribution in [3.8, 4) is 5.75 Å². The van der Waals surface area contributed by atoms with Crippen LogP contribution in [0.5, 0.6) is 5.75 Å². The number of fused-ring (bicyclic) bond motifs is 1. The number of carbonyl (C=O) groups excluding carboxylic acids is 2. The first kappa shape index (κ1) is 26.3. The summed E-state index contributed by atoms with van der Waals surface area (Å²) in [5.74, 6) is -0.872.